The maximum atomic E-state index is 4.67. The molecule has 2 aromatic heterocycles. The second-order valence-corrected chi connectivity index (χ2v) is 6.92. The zero-order valence-electron chi connectivity index (χ0n) is 10.1. The second-order valence-electron chi connectivity index (χ2n) is 4.91. The van der Waals surface area contributed by atoms with Gasteiger partial charge in [-0.2, -0.15) is 0 Å². The van der Waals surface area contributed by atoms with E-state index in [1.54, 1.807) is 22.7 Å². The lowest BCUT2D eigenvalue weighted by Gasteiger charge is -2.14. The Hall–Kier alpha value is -0.740. The smallest absolute Gasteiger partial charge is 0.0988 e. The minimum Gasteiger partial charge on any atom is -0.246 e. The fourth-order valence-electron chi connectivity index (χ4n) is 1.38. The van der Waals surface area contributed by atoms with Crippen LogP contribution in [-0.4, -0.2) is 9.97 Å². The van der Waals surface area contributed by atoms with Gasteiger partial charge in [-0.15, -0.1) is 22.7 Å². The van der Waals surface area contributed by atoms with Crippen molar-refractivity contribution in [2.24, 2.45) is 0 Å². The molecule has 4 heteroatoms. The van der Waals surface area contributed by atoms with Gasteiger partial charge in [-0.3, -0.25) is 0 Å². The molecule has 0 aliphatic carbocycles. The Kier molecular flexibility index (Phi) is 3.13. The summed E-state index contributed by atoms with van der Waals surface area (Å²) in [7, 11) is 0. The second kappa shape index (κ2) is 4.26. The normalized spacial score (nSPS) is 12.0. The van der Waals surface area contributed by atoms with Crippen molar-refractivity contribution in [2.45, 2.75) is 39.5 Å². The Morgan fingerprint density at radius 2 is 1.88 bits per heavy atom. The van der Waals surface area contributed by atoms with Crippen molar-refractivity contribution in [2.75, 3.05) is 0 Å². The SMILES string of the molecule is Cc1nc(Cc2nc(C(C)(C)C)cs2)cs1. The summed E-state index contributed by atoms with van der Waals surface area (Å²) in [4.78, 5) is 9.13. The number of hydrogen-bond acceptors (Lipinski definition) is 4. The zero-order chi connectivity index (χ0) is 11.8. The minimum absolute atomic E-state index is 0.146. The van der Waals surface area contributed by atoms with Crippen molar-refractivity contribution >= 4 is 22.7 Å². The topological polar surface area (TPSA) is 25.8 Å². The Balaban J connectivity index is 2.14. The molecule has 0 aliphatic rings. The van der Waals surface area contributed by atoms with Crippen LogP contribution in [0.4, 0.5) is 0 Å². The van der Waals surface area contributed by atoms with Crippen LogP contribution in [0.1, 0.15) is 42.2 Å². The first kappa shape index (κ1) is 11.7. The number of thiazole rings is 2. The molecule has 0 saturated carbocycles. The van der Waals surface area contributed by atoms with Gasteiger partial charge in [0.2, 0.25) is 0 Å². The van der Waals surface area contributed by atoms with E-state index in [-0.39, 0.29) is 5.41 Å². The monoisotopic (exact) mass is 252 g/mol. The first-order chi connectivity index (χ1) is 7.45. The highest BCUT2D eigenvalue weighted by Gasteiger charge is 2.17. The molecule has 86 valence electrons. The van der Waals surface area contributed by atoms with Crippen LogP contribution >= 0.6 is 22.7 Å². The average molecular weight is 252 g/mol. The van der Waals surface area contributed by atoms with Crippen LogP contribution in [0, 0.1) is 6.92 Å². The lowest BCUT2D eigenvalue weighted by atomic mass is 9.93. The van der Waals surface area contributed by atoms with E-state index in [2.05, 4.69) is 41.5 Å². The van der Waals surface area contributed by atoms with E-state index in [1.807, 2.05) is 6.92 Å². The fraction of sp³-hybridized carbons (Fsp3) is 0.500. The molecular weight excluding hydrogens is 236 g/mol. The minimum atomic E-state index is 0.146. The van der Waals surface area contributed by atoms with Crippen LogP contribution in [0.2, 0.25) is 0 Å². The molecule has 0 spiro atoms. The first-order valence-corrected chi connectivity index (χ1v) is 7.07. The molecule has 0 aliphatic heterocycles. The molecule has 2 rings (SSSR count). The van der Waals surface area contributed by atoms with Crippen LogP contribution in [0.15, 0.2) is 10.8 Å². The molecular formula is C12H16N2S2. The van der Waals surface area contributed by atoms with Gasteiger partial charge in [-0.1, -0.05) is 20.8 Å². The summed E-state index contributed by atoms with van der Waals surface area (Å²) in [6.07, 6.45) is 0.866. The predicted molar refractivity (Wildman–Crippen MR) is 70.5 cm³/mol. The molecule has 0 radical (unpaired) electrons. The third kappa shape index (κ3) is 2.68. The third-order valence-corrected chi connectivity index (χ3v) is 3.99. The van der Waals surface area contributed by atoms with E-state index in [0.29, 0.717) is 0 Å². The molecule has 0 saturated heterocycles. The average Bonchev–Trinajstić information content (AvgIpc) is 2.74. The summed E-state index contributed by atoms with van der Waals surface area (Å²) >= 11 is 3.44. The maximum absolute atomic E-state index is 4.67. The van der Waals surface area contributed by atoms with E-state index in [4.69, 9.17) is 0 Å². The van der Waals surface area contributed by atoms with Gasteiger partial charge in [0, 0.05) is 22.6 Å². The van der Waals surface area contributed by atoms with Crippen molar-refractivity contribution in [3.8, 4) is 0 Å². The Labute approximate surface area is 104 Å². The Morgan fingerprint density at radius 3 is 2.38 bits per heavy atom. The summed E-state index contributed by atoms with van der Waals surface area (Å²) in [5, 5.41) is 6.57. The van der Waals surface area contributed by atoms with Gasteiger partial charge in [-0.05, 0) is 6.92 Å². The molecule has 0 aromatic carbocycles. The van der Waals surface area contributed by atoms with Crippen LogP contribution < -0.4 is 0 Å². The highest BCUT2D eigenvalue weighted by molar-refractivity contribution is 7.10. The number of aryl methyl sites for hydroxylation is 1. The van der Waals surface area contributed by atoms with Crippen molar-refractivity contribution in [3.05, 3.63) is 32.2 Å². The lowest BCUT2D eigenvalue weighted by molar-refractivity contribution is 0.571. The summed E-state index contributed by atoms with van der Waals surface area (Å²) in [5.41, 5.74) is 2.46. The summed E-state index contributed by atoms with van der Waals surface area (Å²) in [5.74, 6) is 0. The van der Waals surface area contributed by atoms with Crippen LogP contribution in [0.25, 0.3) is 0 Å². The van der Waals surface area contributed by atoms with Gasteiger partial charge in [-0.25, -0.2) is 9.97 Å². The summed E-state index contributed by atoms with van der Waals surface area (Å²) < 4.78 is 0. The molecule has 2 aromatic rings. The standard InChI is InChI=1S/C12H16N2S2/c1-8-13-9(6-15-8)5-11-14-10(7-16-11)12(2,3)4/h6-7H,5H2,1-4H3. The first-order valence-electron chi connectivity index (χ1n) is 5.31. The predicted octanol–water partition coefficient (Wildman–Crippen LogP) is 3.80. The maximum Gasteiger partial charge on any atom is 0.0988 e. The van der Waals surface area contributed by atoms with Crippen molar-refractivity contribution < 1.29 is 0 Å². The quantitative estimate of drug-likeness (QED) is 0.812. The summed E-state index contributed by atoms with van der Waals surface area (Å²) in [6.45, 7) is 8.62. The van der Waals surface area contributed by atoms with Gasteiger partial charge >= 0.3 is 0 Å². The fourth-order valence-corrected chi connectivity index (χ4v) is 3.03. The molecule has 0 atom stereocenters. The van der Waals surface area contributed by atoms with E-state index in [1.165, 1.54) is 5.69 Å². The van der Waals surface area contributed by atoms with Gasteiger partial charge < -0.3 is 0 Å². The van der Waals surface area contributed by atoms with Crippen molar-refractivity contribution in [3.63, 3.8) is 0 Å². The van der Waals surface area contributed by atoms with Crippen LogP contribution in [0.5, 0.6) is 0 Å². The highest BCUT2D eigenvalue weighted by atomic mass is 32.1. The summed E-state index contributed by atoms with van der Waals surface area (Å²) in [6, 6.07) is 0. The number of nitrogens with zero attached hydrogens (tertiary/aromatic N) is 2. The Morgan fingerprint density at radius 1 is 1.12 bits per heavy atom. The highest BCUT2D eigenvalue weighted by Crippen LogP contribution is 2.25. The van der Waals surface area contributed by atoms with E-state index in [0.717, 1.165) is 22.1 Å². The number of hydrogen-bond donors (Lipinski definition) is 0. The molecule has 0 amide bonds. The lowest BCUT2D eigenvalue weighted by Crippen LogP contribution is -2.11. The third-order valence-electron chi connectivity index (χ3n) is 2.32. The molecule has 0 fully saturated rings. The van der Waals surface area contributed by atoms with Crippen LogP contribution in [-0.2, 0) is 11.8 Å². The van der Waals surface area contributed by atoms with Gasteiger partial charge in [0.05, 0.1) is 21.4 Å². The molecule has 0 unspecified atom stereocenters. The molecule has 16 heavy (non-hydrogen) atoms. The number of aromatic nitrogens is 2. The van der Waals surface area contributed by atoms with Crippen LogP contribution in [0.3, 0.4) is 0 Å². The number of rotatable bonds is 2. The molecule has 2 nitrogen and oxygen atoms in total. The van der Waals surface area contributed by atoms with E-state index < -0.39 is 0 Å². The molecule has 0 bridgehead atoms. The molecule has 2 heterocycles. The Bertz CT molecular complexity index is 477. The zero-order valence-corrected chi connectivity index (χ0v) is 11.7. The van der Waals surface area contributed by atoms with Crippen molar-refractivity contribution in [1.29, 1.82) is 0 Å². The largest absolute Gasteiger partial charge is 0.246 e. The van der Waals surface area contributed by atoms with Gasteiger partial charge in [0.25, 0.3) is 0 Å². The van der Waals surface area contributed by atoms with E-state index >= 15 is 0 Å². The molecule has 0 N–H and O–H groups in total. The van der Waals surface area contributed by atoms with Crippen molar-refractivity contribution in [1.82, 2.24) is 9.97 Å². The van der Waals surface area contributed by atoms with Gasteiger partial charge in [0.1, 0.15) is 0 Å². The van der Waals surface area contributed by atoms with Gasteiger partial charge in [0.15, 0.2) is 0 Å². The van der Waals surface area contributed by atoms with E-state index in [9.17, 15) is 0 Å².